The molecule has 0 aromatic heterocycles. The Balaban J connectivity index is 2.32. The van der Waals surface area contributed by atoms with Crippen LogP contribution in [0.3, 0.4) is 0 Å². The summed E-state index contributed by atoms with van der Waals surface area (Å²) in [5.74, 6) is 0.483. The molecule has 0 bridgehead atoms. The molecular formula is C17H24N2O3S. The monoisotopic (exact) mass is 336 g/mol. The molecule has 1 aromatic carbocycles. The highest BCUT2D eigenvalue weighted by Gasteiger charge is 2.32. The second kappa shape index (κ2) is 7.75. The molecule has 0 fully saturated rings. The Morgan fingerprint density at radius 3 is 2.52 bits per heavy atom. The molecule has 1 aromatic rings. The first-order valence-electron chi connectivity index (χ1n) is 7.77. The quantitative estimate of drug-likeness (QED) is 0.570. The van der Waals surface area contributed by atoms with Crippen LogP contribution in [0.2, 0.25) is 0 Å². The van der Waals surface area contributed by atoms with E-state index >= 15 is 0 Å². The maximum Gasteiger partial charge on any atom is 0.337 e. The molecule has 5 nitrogen and oxygen atoms in total. The lowest BCUT2D eigenvalue weighted by atomic mass is 9.95. The van der Waals surface area contributed by atoms with Gasteiger partial charge in [0.15, 0.2) is 0 Å². The highest BCUT2D eigenvalue weighted by atomic mass is 32.1. The standard InChI is InChI=1S/C17H24N2O3S/c1-5-21-13-8-6-12(7-9-13)15-14(16(20)22-10(2)3)11(4)18-17(23)19-15/h6-10,15,17-19,23H,5H2,1-4H3. The van der Waals surface area contributed by atoms with Gasteiger partial charge < -0.3 is 14.8 Å². The van der Waals surface area contributed by atoms with Gasteiger partial charge in [0.25, 0.3) is 0 Å². The molecule has 2 N–H and O–H groups in total. The van der Waals surface area contributed by atoms with E-state index in [0.29, 0.717) is 12.2 Å². The molecule has 0 saturated carbocycles. The van der Waals surface area contributed by atoms with Crippen LogP contribution in [0.5, 0.6) is 5.75 Å². The number of benzene rings is 1. The average Bonchev–Trinajstić information content (AvgIpc) is 2.46. The fourth-order valence-corrected chi connectivity index (χ4v) is 2.86. The second-order valence-electron chi connectivity index (χ2n) is 5.64. The lowest BCUT2D eigenvalue weighted by Gasteiger charge is -2.33. The topological polar surface area (TPSA) is 59.6 Å². The van der Waals surface area contributed by atoms with Crippen LogP contribution in [0.4, 0.5) is 0 Å². The number of rotatable bonds is 5. The summed E-state index contributed by atoms with van der Waals surface area (Å²) < 4.78 is 10.8. The highest BCUT2D eigenvalue weighted by molar-refractivity contribution is 7.80. The molecule has 126 valence electrons. The third-order valence-electron chi connectivity index (χ3n) is 3.46. The summed E-state index contributed by atoms with van der Waals surface area (Å²) in [7, 11) is 0. The fourth-order valence-electron chi connectivity index (χ4n) is 2.52. The van der Waals surface area contributed by atoms with Gasteiger partial charge >= 0.3 is 5.97 Å². The van der Waals surface area contributed by atoms with E-state index in [1.807, 2.05) is 52.0 Å². The maximum atomic E-state index is 12.5. The van der Waals surface area contributed by atoms with E-state index in [1.165, 1.54) is 0 Å². The fraction of sp³-hybridized carbons (Fsp3) is 0.471. The van der Waals surface area contributed by atoms with E-state index in [9.17, 15) is 4.79 Å². The van der Waals surface area contributed by atoms with Crippen molar-refractivity contribution in [2.24, 2.45) is 0 Å². The Hall–Kier alpha value is -1.66. The highest BCUT2D eigenvalue weighted by Crippen LogP contribution is 2.30. The lowest BCUT2D eigenvalue weighted by molar-refractivity contribution is -0.143. The van der Waals surface area contributed by atoms with Crippen molar-refractivity contribution < 1.29 is 14.3 Å². The molecule has 2 atom stereocenters. The molecule has 1 aliphatic rings. The van der Waals surface area contributed by atoms with E-state index in [1.54, 1.807) is 0 Å². The Morgan fingerprint density at radius 2 is 1.96 bits per heavy atom. The van der Waals surface area contributed by atoms with E-state index in [4.69, 9.17) is 9.47 Å². The molecule has 0 amide bonds. The normalized spacial score (nSPS) is 21.1. The first-order chi connectivity index (χ1) is 10.9. The summed E-state index contributed by atoms with van der Waals surface area (Å²) in [6.45, 7) is 8.10. The summed E-state index contributed by atoms with van der Waals surface area (Å²) in [5.41, 5.74) is 2.08. The van der Waals surface area contributed by atoms with E-state index in [0.717, 1.165) is 17.0 Å². The van der Waals surface area contributed by atoms with Crippen molar-refractivity contribution >= 4 is 18.6 Å². The molecule has 1 heterocycles. The van der Waals surface area contributed by atoms with Crippen LogP contribution in [-0.4, -0.2) is 24.2 Å². The molecule has 1 aliphatic heterocycles. The van der Waals surface area contributed by atoms with Gasteiger partial charge in [-0.1, -0.05) is 12.1 Å². The van der Waals surface area contributed by atoms with Crippen molar-refractivity contribution in [3.8, 4) is 5.75 Å². The minimum atomic E-state index is -0.323. The predicted octanol–water partition coefficient (Wildman–Crippen LogP) is 2.76. The Kier molecular flexibility index (Phi) is 5.96. The van der Waals surface area contributed by atoms with Crippen molar-refractivity contribution in [1.29, 1.82) is 0 Å². The average molecular weight is 336 g/mol. The van der Waals surface area contributed by atoms with Gasteiger partial charge in [-0.2, -0.15) is 0 Å². The zero-order chi connectivity index (χ0) is 17.0. The van der Waals surface area contributed by atoms with Crippen molar-refractivity contribution in [2.45, 2.75) is 45.3 Å². The van der Waals surface area contributed by atoms with Crippen molar-refractivity contribution in [3.05, 3.63) is 41.1 Å². The summed E-state index contributed by atoms with van der Waals surface area (Å²) in [5, 5.41) is 6.39. The number of thiol groups is 1. The van der Waals surface area contributed by atoms with E-state index in [-0.39, 0.29) is 23.6 Å². The van der Waals surface area contributed by atoms with Gasteiger partial charge in [0.1, 0.15) is 11.2 Å². The molecule has 0 aliphatic carbocycles. The van der Waals surface area contributed by atoms with Crippen LogP contribution >= 0.6 is 12.6 Å². The first-order valence-corrected chi connectivity index (χ1v) is 8.29. The zero-order valence-electron chi connectivity index (χ0n) is 13.9. The summed E-state index contributed by atoms with van der Waals surface area (Å²) in [6, 6.07) is 7.42. The second-order valence-corrected chi connectivity index (χ2v) is 6.16. The van der Waals surface area contributed by atoms with Crippen LogP contribution in [0.1, 0.15) is 39.3 Å². The number of carbonyl (C=O) groups excluding carboxylic acids is 1. The molecule has 23 heavy (non-hydrogen) atoms. The Morgan fingerprint density at radius 1 is 1.30 bits per heavy atom. The lowest BCUT2D eigenvalue weighted by Crippen LogP contribution is -2.47. The Labute approximate surface area is 142 Å². The molecule has 2 rings (SSSR count). The van der Waals surface area contributed by atoms with Gasteiger partial charge in [0.05, 0.1) is 24.3 Å². The summed E-state index contributed by atoms with van der Waals surface area (Å²) >= 11 is 4.43. The van der Waals surface area contributed by atoms with Crippen LogP contribution in [0, 0.1) is 0 Å². The molecule has 0 radical (unpaired) electrons. The minimum Gasteiger partial charge on any atom is -0.494 e. The Bertz CT molecular complexity index is 584. The zero-order valence-corrected chi connectivity index (χ0v) is 14.8. The maximum absolute atomic E-state index is 12.5. The van der Waals surface area contributed by atoms with E-state index in [2.05, 4.69) is 23.3 Å². The molecule has 0 saturated heterocycles. The number of carbonyl (C=O) groups is 1. The van der Waals surface area contributed by atoms with Crippen molar-refractivity contribution in [1.82, 2.24) is 10.6 Å². The third kappa shape index (κ3) is 4.42. The summed E-state index contributed by atoms with van der Waals surface area (Å²) in [6.07, 6.45) is -0.169. The molecule has 2 unspecified atom stereocenters. The van der Waals surface area contributed by atoms with Gasteiger partial charge in [-0.15, -0.1) is 12.6 Å². The van der Waals surface area contributed by atoms with Crippen molar-refractivity contribution in [2.75, 3.05) is 6.61 Å². The predicted molar refractivity (Wildman–Crippen MR) is 93.3 cm³/mol. The number of hydrogen-bond acceptors (Lipinski definition) is 6. The minimum absolute atomic E-state index is 0.169. The van der Waals surface area contributed by atoms with Gasteiger partial charge in [-0.3, -0.25) is 5.32 Å². The first kappa shape index (κ1) is 17.7. The SMILES string of the molecule is CCOc1ccc(C2NC(S)NC(C)=C2C(=O)OC(C)C)cc1. The van der Waals surface area contributed by atoms with Crippen LogP contribution in [-0.2, 0) is 9.53 Å². The number of allylic oxidation sites excluding steroid dienone is 1. The van der Waals surface area contributed by atoms with E-state index < -0.39 is 0 Å². The third-order valence-corrected chi connectivity index (χ3v) is 3.74. The van der Waals surface area contributed by atoms with Crippen LogP contribution in [0.25, 0.3) is 0 Å². The van der Waals surface area contributed by atoms with Gasteiger partial charge in [-0.05, 0) is 45.4 Å². The number of esters is 1. The molecule has 0 spiro atoms. The number of ether oxygens (including phenoxy) is 2. The van der Waals surface area contributed by atoms with Gasteiger partial charge in [-0.25, -0.2) is 4.79 Å². The molecule has 6 heteroatoms. The van der Waals surface area contributed by atoms with Gasteiger partial charge in [0, 0.05) is 5.70 Å². The molecular weight excluding hydrogens is 312 g/mol. The van der Waals surface area contributed by atoms with Gasteiger partial charge in [0.2, 0.25) is 0 Å². The number of nitrogens with one attached hydrogen (secondary N) is 2. The van der Waals surface area contributed by atoms with Crippen molar-refractivity contribution in [3.63, 3.8) is 0 Å². The largest absolute Gasteiger partial charge is 0.494 e. The van der Waals surface area contributed by atoms with Crippen LogP contribution < -0.4 is 15.4 Å². The smallest absolute Gasteiger partial charge is 0.337 e. The van der Waals surface area contributed by atoms with Crippen LogP contribution in [0.15, 0.2) is 35.5 Å². The number of hydrogen-bond donors (Lipinski definition) is 3. The summed E-state index contributed by atoms with van der Waals surface area (Å²) in [4.78, 5) is 12.5.